The summed E-state index contributed by atoms with van der Waals surface area (Å²) in [6.07, 6.45) is 3.47. The van der Waals surface area contributed by atoms with Crippen LogP contribution < -0.4 is 4.90 Å². The van der Waals surface area contributed by atoms with Crippen molar-refractivity contribution in [2.75, 3.05) is 31.1 Å². The molecule has 5 nitrogen and oxygen atoms in total. The third kappa shape index (κ3) is 2.90. The Balaban J connectivity index is 1.59. The molecule has 3 heterocycles. The molecule has 2 aliphatic heterocycles. The molecule has 138 valence electrons. The Bertz CT molecular complexity index is 761. The van der Waals surface area contributed by atoms with Crippen LogP contribution in [0, 0.1) is 0 Å². The molecule has 26 heavy (non-hydrogen) atoms. The van der Waals surface area contributed by atoms with Crippen LogP contribution in [0.15, 0.2) is 42.6 Å². The minimum absolute atomic E-state index is 0.0792. The average molecular weight is 353 g/mol. The third-order valence-electron chi connectivity index (χ3n) is 5.72. The number of piperidine rings is 1. The first-order chi connectivity index (χ1) is 12.6. The Hall–Kier alpha value is -2.27. The highest BCUT2D eigenvalue weighted by Crippen LogP contribution is 2.43. The van der Waals surface area contributed by atoms with Crippen molar-refractivity contribution in [1.82, 2.24) is 9.88 Å². The van der Waals surface area contributed by atoms with Crippen LogP contribution in [0.5, 0.6) is 0 Å². The van der Waals surface area contributed by atoms with Crippen molar-refractivity contribution in [3.05, 3.63) is 53.9 Å². The molecule has 1 saturated heterocycles. The number of anilines is 1. The minimum atomic E-state index is -0.285. The highest BCUT2D eigenvalue weighted by molar-refractivity contribution is 5.92. The number of nitrogens with zero attached hydrogens (tertiary/aromatic N) is 2. The van der Waals surface area contributed by atoms with Gasteiger partial charge in [0.25, 0.3) is 5.91 Å². The topological polar surface area (TPSA) is 48.6 Å². The lowest BCUT2D eigenvalue weighted by atomic mass is 9.83. The van der Waals surface area contributed by atoms with Gasteiger partial charge >= 0.3 is 0 Å². The Morgan fingerprint density at radius 3 is 2.58 bits per heavy atom. The van der Waals surface area contributed by atoms with E-state index in [1.54, 1.807) is 6.20 Å². The van der Waals surface area contributed by atoms with Gasteiger partial charge in [-0.05, 0) is 44.9 Å². The largest absolute Gasteiger partial charge is 0.368 e. The van der Waals surface area contributed by atoms with Gasteiger partial charge in [0.2, 0.25) is 0 Å². The van der Waals surface area contributed by atoms with Gasteiger partial charge in [-0.25, -0.2) is 0 Å². The fraction of sp³-hybridized carbons (Fsp3) is 0.476. The Morgan fingerprint density at radius 2 is 1.88 bits per heavy atom. The zero-order chi connectivity index (χ0) is 18.1. The summed E-state index contributed by atoms with van der Waals surface area (Å²) < 4.78 is 6.47. The number of hydrogen-bond donors (Lipinski definition) is 1. The van der Waals surface area contributed by atoms with E-state index in [0.717, 1.165) is 26.0 Å². The van der Waals surface area contributed by atoms with E-state index in [4.69, 9.17) is 4.74 Å². The standard InChI is InChI=1S/C21H27N3O2/c1-16(2)24-14-15-26-21(17-6-3-4-8-19(17)24)9-12-23(13-10-21)20(25)18-7-5-11-22-18/h3-8,11,16,22H,9-10,12-15H2,1-2H3. The Labute approximate surface area is 154 Å². The number of carbonyl (C=O) groups is 1. The summed E-state index contributed by atoms with van der Waals surface area (Å²) in [5.74, 6) is 0.0792. The maximum absolute atomic E-state index is 12.6. The van der Waals surface area contributed by atoms with Crippen LogP contribution in [0.1, 0.15) is 42.7 Å². The van der Waals surface area contributed by atoms with Crippen LogP contribution in [0.3, 0.4) is 0 Å². The van der Waals surface area contributed by atoms with Gasteiger partial charge in [-0.3, -0.25) is 4.79 Å². The fourth-order valence-corrected chi connectivity index (χ4v) is 4.30. The van der Waals surface area contributed by atoms with Gasteiger partial charge < -0.3 is 19.5 Å². The molecule has 1 aromatic carbocycles. The zero-order valence-electron chi connectivity index (χ0n) is 15.6. The highest BCUT2D eigenvalue weighted by Gasteiger charge is 2.42. The van der Waals surface area contributed by atoms with E-state index in [-0.39, 0.29) is 11.5 Å². The van der Waals surface area contributed by atoms with E-state index in [1.165, 1.54) is 11.3 Å². The van der Waals surface area contributed by atoms with E-state index in [1.807, 2.05) is 17.0 Å². The number of nitrogens with one attached hydrogen (secondary N) is 1. The van der Waals surface area contributed by atoms with Crippen LogP contribution >= 0.6 is 0 Å². The lowest BCUT2D eigenvalue weighted by Gasteiger charge is -2.42. The van der Waals surface area contributed by atoms with Gasteiger partial charge in [-0.2, -0.15) is 0 Å². The summed E-state index contributed by atoms with van der Waals surface area (Å²) >= 11 is 0. The molecule has 5 heteroatoms. The molecule has 1 aromatic heterocycles. The van der Waals surface area contributed by atoms with Gasteiger partial charge in [-0.1, -0.05) is 18.2 Å². The summed E-state index contributed by atoms with van der Waals surface area (Å²) in [5.41, 5.74) is 2.93. The predicted octanol–water partition coefficient (Wildman–Crippen LogP) is 3.39. The quantitative estimate of drug-likeness (QED) is 0.900. The molecule has 4 rings (SSSR count). The number of aromatic nitrogens is 1. The van der Waals surface area contributed by atoms with Crippen molar-refractivity contribution in [2.45, 2.75) is 38.3 Å². The first kappa shape index (κ1) is 17.2. The van der Waals surface area contributed by atoms with Crippen molar-refractivity contribution < 1.29 is 9.53 Å². The Kier molecular flexibility index (Phi) is 4.49. The first-order valence-electron chi connectivity index (χ1n) is 9.53. The SMILES string of the molecule is CC(C)N1CCOC2(CCN(C(=O)c3ccc[nH]3)CC2)c2ccccc21. The molecule has 1 fully saturated rings. The number of H-pyrrole nitrogens is 1. The van der Waals surface area contributed by atoms with Crippen molar-refractivity contribution in [2.24, 2.45) is 0 Å². The van der Waals surface area contributed by atoms with Crippen LogP contribution in [0.4, 0.5) is 5.69 Å². The van der Waals surface area contributed by atoms with Gasteiger partial charge in [0, 0.05) is 43.1 Å². The average Bonchev–Trinajstić information content (AvgIpc) is 3.15. The van der Waals surface area contributed by atoms with Crippen LogP contribution in [0.25, 0.3) is 0 Å². The van der Waals surface area contributed by atoms with Crippen molar-refractivity contribution in [3.8, 4) is 0 Å². The molecule has 0 saturated carbocycles. The van der Waals surface area contributed by atoms with E-state index in [0.29, 0.717) is 24.8 Å². The van der Waals surface area contributed by atoms with Gasteiger partial charge in [0.15, 0.2) is 0 Å². The number of aromatic amines is 1. The molecule has 0 aliphatic carbocycles. The highest BCUT2D eigenvalue weighted by atomic mass is 16.5. The second-order valence-electron chi connectivity index (χ2n) is 7.52. The summed E-state index contributed by atoms with van der Waals surface area (Å²) in [5, 5.41) is 0. The number of amides is 1. The summed E-state index contributed by atoms with van der Waals surface area (Å²) in [4.78, 5) is 20.0. The molecule has 0 unspecified atom stereocenters. The molecule has 0 atom stereocenters. The number of likely N-dealkylation sites (tertiary alicyclic amines) is 1. The number of ether oxygens (including phenoxy) is 1. The van der Waals surface area contributed by atoms with E-state index in [9.17, 15) is 4.79 Å². The predicted molar refractivity (Wildman–Crippen MR) is 102 cm³/mol. The molecular formula is C21H27N3O2. The maximum Gasteiger partial charge on any atom is 0.270 e. The molecule has 1 spiro atoms. The first-order valence-corrected chi connectivity index (χ1v) is 9.53. The van der Waals surface area contributed by atoms with Crippen molar-refractivity contribution in [3.63, 3.8) is 0 Å². The Morgan fingerprint density at radius 1 is 1.12 bits per heavy atom. The van der Waals surface area contributed by atoms with Crippen LogP contribution in [-0.4, -0.2) is 48.1 Å². The number of rotatable bonds is 2. The van der Waals surface area contributed by atoms with E-state index >= 15 is 0 Å². The lowest BCUT2D eigenvalue weighted by Crippen LogP contribution is -2.46. The smallest absolute Gasteiger partial charge is 0.270 e. The molecular weight excluding hydrogens is 326 g/mol. The summed E-state index contributed by atoms with van der Waals surface area (Å²) in [7, 11) is 0. The number of para-hydroxylation sites is 1. The van der Waals surface area contributed by atoms with Crippen molar-refractivity contribution >= 4 is 11.6 Å². The number of carbonyl (C=O) groups excluding carboxylic acids is 1. The third-order valence-corrected chi connectivity index (χ3v) is 5.72. The number of hydrogen-bond acceptors (Lipinski definition) is 3. The molecule has 0 bridgehead atoms. The number of benzene rings is 1. The van der Waals surface area contributed by atoms with Crippen LogP contribution in [0.2, 0.25) is 0 Å². The van der Waals surface area contributed by atoms with E-state index in [2.05, 4.69) is 48.0 Å². The number of fused-ring (bicyclic) bond motifs is 2. The van der Waals surface area contributed by atoms with E-state index < -0.39 is 0 Å². The zero-order valence-corrected chi connectivity index (χ0v) is 15.6. The molecule has 2 aliphatic rings. The van der Waals surface area contributed by atoms with Gasteiger partial charge in [-0.15, -0.1) is 0 Å². The second kappa shape index (κ2) is 6.80. The molecule has 1 amide bonds. The molecule has 1 N–H and O–H groups in total. The van der Waals surface area contributed by atoms with Crippen LogP contribution in [-0.2, 0) is 10.3 Å². The monoisotopic (exact) mass is 353 g/mol. The maximum atomic E-state index is 12.6. The van der Waals surface area contributed by atoms with Gasteiger partial charge in [0.1, 0.15) is 5.69 Å². The minimum Gasteiger partial charge on any atom is -0.368 e. The summed E-state index contributed by atoms with van der Waals surface area (Å²) in [6.45, 7) is 7.51. The second-order valence-corrected chi connectivity index (χ2v) is 7.52. The summed E-state index contributed by atoms with van der Waals surface area (Å²) in [6, 6.07) is 12.8. The van der Waals surface area contributed by atoms with Crippen molar-refractivity contribution in [1.29, 1.82) is 0 Å². The normalized spacial score (nSPS) is 19.5. The molecule has 0 radical (unpaired) electrons. The fourth-order valence-electron chi connectivity index (χ4n) is 4.30. The van der Waals surface area contributed by atoms with Gasteiger partial charge in [0.05, 0.1) is 12.2 Å². The molecule has 2 aromatic rings. The lowest BCUT2D eigenvalue weighted by molar-refractivity contribution is -0.0792.